The second-order valence-electron chi connectivity index (χ2n) is 3.96. The average Bonchev–Trinajstić information content (AvgIpc) is 2.87. The van der Waals surface area contributed by atoms with E-state index in [0.717, 1.165) is 23.0 Å². The van der Waals surface area contributed by atoms with Crippen molar-refractivity contribution in [3.05, 3.63) is 47.3 Å². The molecule has 1 aromatic carbocycles. The maximum Gasteiger partial charge on any atom is 0.341 e. The highest BCUT2D eigenvalue weighted by molar-refractivity contribution is 5.88. The third-order valence-corrected chi connectivity index (χ3v) is 2.58. The van der Waals surface area contributed by atoms with Crippen LogP contribution >= 0.6 is 0 Å². The molecule has 0 fully saturated rings. The van der Waals surface area contributed by atoms with Crippen LogP contribution in [-0.2, 0) is 11.3 Å². The van der Waals surface area contributed by atoms with Gasteiger partial charge in [0.25, 0.3) is 0 Å². The summed E-state index contributed by atoms with van der Waals surface area (Å²) < 4.78 is 33.3. The molecule has 0 aliphatic carbocycles. The highest BCUT2D eigenvalue weighted by Crippen LogP contribution is 2.20. The Hall–Kier alpha value is -2.28. The van der Waals surface area contributed by atoms with E-state index in [4.69, 9.17) is 9.84 Å². The summed E-state index contributed by atoms with van der Waals surface area (Å²) >= 11 is 0. The van der Waals surface area contributed by atoms with Gasteiger partial charge in [0.1, 0.15) is 5.69 Å². The third-order valence-electron chi connectivity index (χ3n) is 2.58. The van der Waals surface area contributed by atoms with Crippen molar-refractivity contribution < 1.29 is 23.4 Å². The van der Waals surface area contributed by atoms with Gasteiger partial charge in [0.15, 0.2) is 11.6 Å². The van der Waals surface area contributed by atoms with Crippen LogP contribution in [0.1, 0.15) is 22.8 Å². The summed E-state index contributed by atoms with van der Waals surface area (Å²) in [5.74, 6) is -2.38. The van der Waals surface area contributed by atoms with Gasteiger partial charge < -0.3 is 9.84 Å². The van der Waals surface area contributed by atoms with Gasteiger partial charge in [0.2, 0.25) is 0 Å². The van der Waals surface area contributed by atoms with E-state index in [1.54, 1.807) is 6.92 Å². The lowest BCUT2D eigenvalue weighted by atomic mass is 10.2. The predicted octanol–water partition coefficient (Wildman–Crippen LogP) is 1.82. The van der Waals surface area contributed by atoms with Crippen molar-refractivity contribution >= 4 is 5.97 Å². The van der Waals surface area contributed by atoms with E-state index in [-0.39, 0.29) is 17.7 Å². The molecule has 0 bridgehead atoms. The number of hydrogen-bond acceptors (Lipinski definition) is 4. The Kier molecular flexibility index (Phi) is 4.09. The van der Waals surface area contributed by atoms with Crippen LogP contribution in [0.25, 0.3) is 5.69 Å². The summed E-state index contributed by atoms with van der Waals surface area (Å²) in [6, 6.07) is 2.01. The zero-order valence-electron chi connectivity index (χ0n) is 10.6. The number of aromatic nitrogens is 2. The molecule has 0 unspecified atom stereocenters. The van der Waals surface area contributed by atoms with Crippen molar-refractivity contribution in [3.63, 3.8) is 0 Å². The summed E-state index contributed by atoms with van der Waals surface area (Å²) in [5.41, 5.74) is -0.212. The number of carbonyl (C=O) groups is 1. The molecule has 0 aliphatic heterocycles. The second-order valence-corrected chi connectivity index (χ2v) is 3.96. The minimum absolute atomic E-state index is 0.0943. The minimum Gasteiger partial charge on any atom is -0.462 e. The molecular weight excluding hydrogens is 270 g/mol. The highest BCUT2D eigenvalue weighted by Gasteiger charge is 2.16. The number of halogens is 2. The summed E-state index contributed by atoms with van der Waals surface area (Å²) in [4.78, 5) is 11.5. The Morgan fingerprint density at radius 3 is 2.60 bits per heavy atom. The van der Waals surface area contributed by atoms with Crippen molar-refractivity contribution in [2.75, 3.05) is 6.61 Å². The lowest BCUT2D eigenvalue weighted by Crippen LogP contribution is -2.05. The molecule has 0 atom stereocenters. The molecule has 20 heavy (non-hydrogen) atoms. The Balaban J connectivity index is 2.40. The first kappa shape index (κ1) is 14.1. The third kappa shape index (κ3) is 2.67. The van der Waals surface area contributed by atoms with Gasteiger partial charge in [-0.1, -0.05) is 0 Å². The molecule has 0 aliphatic rings. The molecule has 106 valence electrons. The van der Waals surface area contributed by atoms with E-state index in [2.05, 4.69) is 5.10 Å². The van der Waals surface area contributed by atoms with E-state index in [0.29, 0.717) is 0 Å². The number of nitrogens with zero attached hydrogens (tertiary/aromatic N) is 2. The number of aliphatic hydroxyl groups excluding tert-OH is 1. The van der Waals surface area contributed by atoms with Gasteiger partial charge in [-0.25, -0.2) is 18.3 Å². The Labute approximate surface area is 113 Å². The number of benzene rings is 1. The SMILES string of the molecule is CCOC(=O)c1cnn(-c2c(F)cc(CO)cc2F)c1. The van der Waals surface area contributed by atoms with Gasteiger partial charge in [-0.05, 0) is 24.6 Å². The van der Waals surface area contributed by atoms with E-state index < -0.39 is 29.9 Å². The van der Waals surface area contributed by atoms with Crippen LogP contribution in [0.5, 0.6) is 0 Å². The standard InChI is InChI=1S/C13H12F2N2O3/c1-2-20-13(19)9-5-16-17(6-9)12-10(14)3-8(7-18)4-11(12)15/h3-6,18H,2,7H2,1H3. The zero-order valence-corrected chi connectivity index (χ0v) is 10.6. The minimum atomic E-state index is -0.882. The molecule has 7 heteroatoms. The molecule has 0 amide bonds. The average molecular weight is 282 g/mol. The number of hydrogen-bond donors (Lipinski definition) is 1. The molecule has 1 aromatic heterocycles. The molecule has 5 nitrogen and oxygen atoms in total. The Morgan fingerprint density at radius 2 is 2.05 bits per heavy atom. The lowest BCUT2D eigenvalue weighted by Gasteiger charge is -2.06. The molecular formula is C13H12F2N2O3. The number of esters is 1. The van der Waals surface area contributed by atoms with Gasteiger partial charge in [-0.2, -0.15) is 5.10 Å². The summed E-state index contributed by atoms with van der Waals surface area (Å²) in [6.45, 7) is 1.37. The fraction of sp³-hybridized carbons (Fsp3) is 0.231. The number of carbonyl (C=O) groups excluding carboxylic acids is 1. The normalized spacial score (nSPS) is 10.6. The Morgan fingerprint density at radius 1 is 1.40 bits per heavy atom. The zero-order chi connectivity index (χ0) is 14.7. The maximum absolute atomic E-state index is 13.8. The maximum atomic E-state index is 13.8. The number of ether oxygens (including phenoxy) is 1. The first-order valence-electron chi connectivity index (χ1n) is 5.87. The topological polar surface area (TPSA) is 64.3 Å². The van der Waals surface area contributed by atoms with E-state index in [9.17, 15) is 13.6 Å². The van der Waals surface area contributed by atoms with Crippen LogP contribution < -0.4 is 0 Å². The van der Waals surface area contributed by atoms with E-state index in [1.165, 1.54) is 6.20 Å². The van der Waals surface area contributed by atoms with Gasteiger partial charge in [0, 0.05) is 6.20 Å². The van der Waals surface area contributed by atoms with Crippen molar-refractivity contribution in [1.29, 1.82) is 0 Å². The smallest absolute Gasteiger partial charge is 0.341 e. The molecule has 0 saturated carbocycles. The lowest BCUT2D eigenvalue weighted by molar-refractivity contribution is 0.0526. The number of rotatable bonds is 4. The molecule has 1 N–H and O–H groups in total. The monoisotopic (exact) mass is 282 g/mol. The predicted molar refractivity (Wildman–Crippen MR) is 65.4 cm³/mol. The molecule has 2 rings (SSSR count). The van der Waals surface area contributed by atoms with Gasteiger partial charge >= 0.3 is 5.97 Å². The largest absolute Gasteiger partial charge is 0.462 e. The molecule has 0 spiro atoms. The van der Waals surface area contributed by atoms with Gasteiger partial charge in [-0.15, -0.1) is 0 Å². The quantitative estimate of drug-likeness (QED) is 0.869. The highest BCUT2D eigenvalue weighted by atomic mass is 19.1. The molecule has 2 aromatic rings. The summed E-state index contributed by atoms with van der Waals surface area (Å²) in [5, 5.41) is 12.6. The van der Waals surface area contributed by atoms with Crippen molar-refractivity contribution in [2.45, 2.75) is 13.5 Å². The second kappa shape index (κ2) is 5.79. The van der Waals surface area contributed by atoms with Crippen molar-refractivity contribution in [3.8, 4) is 5.69 Å². The van der Waals surface area contributed by atoms with E-state index in [1.807, 2.05) is 0 Å². The van der Waals surface area contributed by atoms with Crippen molar-refractivity contribution in [2.24, 2.45) is 0 Å². The fourth-order valence-corrected chi connectivity index (χ4v) is 1.69. The first-order valence-corrected chi connectivity index (χ1v) is 5.87. The van der Waals surface area contributed by atoms with Crippen LogP contribution in [0.3, 0.4) is 0 Å². The fourth-order valence-electron chi connectivity index (χ4n) is 1.69. The molecule has 0 saturated heterocycles. The summed E-state index contributed by atoms with van der Waals surface area (Å²) in [7, 11) is 0. The van der Waals surface area contributed by atoms with E-state index >= 15 is 0 Å². The van der Waals surface area contributed by atoms with Crippen LogP contribution in [0.15, 0.2) is 24.5 Å². The van der Waals surface area contributed by atoms with Crippen LogP contribution in [0.2, 0.25) is 0 Å². The van der Waals surface area contributed by atoms with Crippen molar-refractivity contribution in [1.82, 2.24) is 9.78 Å². The number of aliphatic hydroxyl groups is 1. The van der Waals surface area contributed by atoms with Gasteiger partial charge in [0.05, 0.1) is 25.0 Å². The first-order chi connectivity index (χ1) is 9.56. The molecule has 1 heterocycles. The summed E-state index contributed by atoms with van der Waals surface area (Å²) in [6.07, 6.45) is 2.34. The Bertz CT molecular complexity index is 617. The molecule has 0 radical (unpaired) electrons. The van der Waals surface area contributed by atoms with Crippen LogP contribution in [0.4, 0.5) is 8.78 Å². The van der Waals surface area contributed by atoms with Gasteiger partial charge in [-0.3, -0.25) is 0 Å². The van der Waals surface area contributed by atoms with Crippen LogP contribution in [0, 0.1) is 11.6 Å². The van der Waals surface area contributed by atoms with Crippen LogP contribution in [-0.4, -0.2) is 27.5 Å².